The van der Waals surface area contributed by atoms with E-state index in [0.29, 0.717) is 11.4 Å². The zero-order chi connectivity index (χ0) is 21.4. The van der Waals surface area contributed by atoms with Gasteiger partial charge in [-0.1, -0.05) is 36.4 Å². The smallest absolute Gasteiger partial charge is 0.269 e. The number of hydrogen-bond acceptors (Lipinski definition) is 5. The van der Waals surface area contributed by atoms with Crippen molar-refractivity contribution in [3.8, 4) is 11.5 Å². The summed E-state index contributed by atoms with van der Waals surface area (Å²) in [6.45, 7) is 0.867. The van der Waals surface area contributed by atoms with Crippen molar-refractivity contribution >= 4 is 23.6 Å². The minimum atomic E-state index is -0.146. The van der Waals surface area contributed by atoms with Crippen molar-refractivity contribution in [1.82, 2.24) is 20.6 Å². The molecule has 3 N–H and O–H groups in total. The van der Waals surface area contributed by atoms with Crippen LogP contribution < -0.4 is 15.4 Å². The normalized spacial score (nSPS) is 12.6. The number of rotatable bonds is 3. The van der Waals surface area contributed by atoms with E-state index in [1.165, 1.54) is 12.5 Å². The average Bonchev–Trinajstić information content (AvgIpc) is 3.23. The number of aromatic amines is 1. The summed E-state index contributed by atoms with van der Waals surface area (Å²) in [5, 5.41) is 5.24. The fourth-order valence-electron chi connectivity index (χ4n) is 2.25. The van der Waals surface area contributed by atoms with Crippen molar-refractivity contribution in [1.29, 1.82) is 0 Å². The number of benzene rings is 2. The number of para-hydroxylation sites is 2. The molecule has 0 bridgehead atoms. The van der Waals surface area contributed by atoms with Crippen LogP contribution in [0.5, 0.6) is 11.5 Å². The third-order valence-electron chi connectivity index (χ3n) is 3.71. The standard InChI is InChI=1S/C12H10O.C5H7N3O.C5H9NOS/c1-3-7-11(8-4-1)13-12-9-5-2-6-10-12;1-6-5(9)4-2-7-3-8-4;7-5-4-8-3-1-2-6-5/h1-10H;2-3H,1H3,(H,6,9)(H,7,8);1-4H2,(H,6,7). The second-order valence-corrected chi connectivity index (χ2v) is 7.13. The number of H-pyrrole nitrogens is 1. The number of carbonyl (C=O) groups excluding carboxylic acids is 2. The number of carbonyl (C=O) groups is 2. The first-order valence-corrected chi connectivity index (χ1v) is 10.7. The van der Waals surface area contributed by atoms with Crippen molar-refractivity contribution in [2.75, 3.05) is 25.1 Å². The molecule has 1 saturated heterocycles. The highest BCUT2D eigenvalue weighted by Crippen LogP contribution is 2.19. The van der Waals surface area contributed by atoms with Crippen LogP contribution in [-0.4, -0.2) is 46.9 Å². The van der Waals surface area contributed by atoms with Crippen LogP contribution in [0, 0.1) is 0 Å². The summed E-state index contributed by atoms with van der Waals surface area (Å²) in [4.78, 5) is 27.6. The quantitative estimate of drug-likeness (QED) is 0.596. The molecule has 158 valence electrons. The Morgan fingerprint density at radius 3 is 2.23 bits per heavy atom. The van der Waals surface area contributed by atoms with E-state index in [-0.39, 0.29) is 11.8 Å². The number of hydrogen-bond donors (Lipinski definition) is 3. The van der Waals surface area contributed by atoms with Crippen LogP contribution in [0.3, 0.4) is 0 Å². The van der Waals surface area contributed by atoms with Crippen LogP contribution >= 0.6 is 11.8 Å². The topological polar surface area (TPSA) is 96.1 Å². The van der Waals surface area contributed by atoms with Gasteiger partial charge in [0.2, 0.25) is 5.91 Å². The van der Waals surface area contributed by atoms with E-state index in [4.69, 9.17) is 4.74 Å². The van der Waals surface area contributed by atoms with Gasteiger partial charge in [-0.15, -0.1) is 0 Å². The molecule has 30 heavy (non-hydrogen) atoms. The van der Waals surface area contributed by atoms with E-state index in [1.54, 1.807) is 18.8 Å². The second kappa shape index (κ2) is 13.8. The lowest BCUT2D eigenvalue weighted by molar-refractivity contribution is -0.118. The molecule has 2 aromatic carbocycles. The highest BCUT2D eigenvalue weighted by Gasteiger charge is 2.03. The minimum Gasteiger partial charge on any atom is -0.457 e. The van der Waals surface area contributed by atoms with E-state index in [9.17, 15) is 9.59 Å². The maximum absolute atomic E-state index is 10.7. The number of thioether (sulfide) groups is 1. The number of ether oxygens (including phenoxy) is 1. The molecule has 0 unspecified atom stereocenters. The third kappa shape index (κ3) is 9.29. The molecule has 8 heteroatoms. The predicted molar refractivity (Wildman–Crippen MR) is 120 cm³/mol. The maximum atomic E-state index is 10.7. The van der Waals surface area contributed by atoms with E-state index in [0.717, 1.165) is 30.2 Å². The van der Waals surface area contributed by atoms with E-state index in [1.807, 2.05) is 60.7 Å². The molecule has 3 aromatic rings. The van der Waals surface area contributed by atoms with Gasteiger partial charge in [0.1, 0.15) is 17.2 Å². The Labute approximate surface area is 180 Å². The van der Waals surface area contributed by atoms with Gasteiger partial charge in [0, 0.05) is 13.6 Å². The molecule has 2 amide bonds. The lowest BCUT2D eigenvalue weighted by Crippen LogP contribution is -2.23. The third-order valence-corrected chi connectivity index (χ3v) is 4.76. The molecule has 1 aliphatic rings. The number of imidazole rings is 1. The zero-order valence-corrected chi connectivity index (χ0v) is 17.7. The Hall–Kier alpha value is -3.26. The first-order valence-electron chi connectivity index (χ1n) is 9.52. The van der Waals surface area contributed by atoms with Gasteiger partial charge >= 0.3 is 0 Å². The van der Waals surface area contributed by atoms with Crippen molar-refractivity contribution in [2.24, 2.45) is 0 Å². The molecule has 7 nitrogen and oxygen atoms in total. The Balaban J connectivity index is 0.000000167. The van der Waals surface area contributed by atoms with Crippen molar-refractivity contribution < 1.29 is 14.3 Å². The molecule has 0 radical (unpaired) electrons. The fraction of sp³-hybridized carbons (Fsp3) is 0.227. The highest BCUT2D eigenvalue weighted by molar-refractivity contribution is 7.99. The van der Waals surface area contributed by atoms with Gasteiger partial charge in [0.15, 0.2) is 0 Å². The molecule has 2 heterocycles. The molecular weight excluding hydrogens is 400 g/mol. The van der Waals surface area contributed by atoms with Gasteiger partial charge in [-0.25, -0.2) is 4.98 Å². The predicted octanol–water partition coefficient (Wildman–Crippen LogP) is 3.49. The van der Waals surface area contributed by atoms with Gasteiger partial charge in [0.25, 0.3) is 5.91 Å². The summed E-state index contributed by atoms with van der Waals surface area (Å²) >= 11 is 1.71. The lowest BCUT2D eigenvalue weighted by Gasteiger charge is -2.03. The van der Waals surface area contributed by atoms with Crippen LogP contribution in [0.15, 0.2) is 73.2 Å². The molecule has 0 aliphatic carbocycles. The monoisotopic (exact) mass is 426 g/mol. The highest BCUT2D eigenvalue weighted by atomic mass is 32.2. The Bertz CT molecular complexity index is 811. The minimum absolute atomic E-state index is 0.146. The fourth-order valence-corrected chi connectivity index (χ4v) is 3.03. The first-order chi connectivity index (χ1) is 14.7. The summed E-state index contributed by atoms with van der Waals surface area (Å²) < 4.78 is 5.58. The van der Waals surface area contributed by atoms with E-state index < -0.39 is 0 Å². The van der Waals surface area contributed by atoms with Crippen LogP contribution in [0.25, 0.3) is 0 Å². The van der Waals surface area contributed by atoms with E-state index >= 15 is 0 Å². The Morgan fingerprint density at radius 1 is 1.07 bits per heavy atom. The number of amides is 2. The van der Waals surface area contributed by atoms with Crippen molar-refractivity contribution in [2.45, 2.75) is 6.42 Å². The summed E-state index contributed by atoms with van der Waals surface area (Å²) in [7, 11) is 1.57. The summed E-state index contributed by atoms with van der Waals surface area (Å²) in [6, 6.07) is 19.5. The van der Waals surface area contributed by atoms with Gasteiger partial charge in [-0.3, -0.25) is 9.59 Å². The number of nitrogens with zero attached hydrogens (tertiary/aromatic N) is 1. The molecule has 1 aromatic heterocycles. The molecule has 1 aliphatic heterocycles. The van der Waals surface area contributed by atoms with Crippen LogP contribution in [0.2, 0.25) is 0 Å². The van der Waals surface area contributed by atoms with Gasteiger partial charge in [-0.2, -0.15) is 11.8 Å². The zero-order valence-electron chi connectivity index (χ0n) is 16.8. The summed E-state index contributed by atoms with van der Waals surface area (Å²) in [5.41, 5.74) is 0.484. The van der Waals surface area contributed by atoms with Crippen molar-refractivity contribution in [3.63, 3.8) is 0 Å². The van der Waals surface area contributed by atoms with Gasteiger partial charge < -0.3 is 20.4 Å². The molecule has 0 atom stereocenters. The summed E-state index contributed by atoms with van der Waals surface area (Å²) in [5.74, 6) is 3.56. The number of nitrogens with one attached hydrogen (secondary N) is 3. The first kappa shape index (κ1) is 23.0. The van der Waals surface area contributed by atoms with Crippen LogP contribution in [0.4, 0.5) is 0 Å². The molecule has 1 fully saturated rings. The van der Waals surface area contributed by atoms with Crippen molar-refractivity contribution in [3.05, 3.63) is 78.9 Å². The summed E-state index contributed by atoms with van der Waals surface area (Å²) in [6.07, 6.45) is 4.06. The lowest BCUT2D eigenvalue weighted by atomic mass is 10.3. The Kier molecular flexibility index (Phi) is 10.6. The maximum Gasteiger partial charge on any atom is 0.269 e. The van der Waals surface area contributed by atoms with Crippen LogP contribution in [0.1, 0.15) is 16.9 Å². The molecule has 0 spiro atoms. The van der Waals surface area contributed by atoms with Gasteiger partial charge in [-0.05, 0) is 36.4 Å². The second-order valence-electron chi connectivity index (χ2n) is 6.03. The van der Waals surface area contributed by atoms with Crippen LogP contribution in [-0.2, 0) is 4.79 Å². The van der Waals surface area contributed by atoms with Gasteiger partial charge in [0.05, 0.1) is 18.3 Å². The Morgan fingerprint density at radius 2 is 1.70 bits per heavy atom. The molecule has 0 saturated carbocycles. The SMILES string of the molecule is CNC(=O)c1cnc[nH]1.O=C1CSCCCN1.c1ccc(Oc2ccccc2)cc1. The number of aromatic nitrogens is 2. The van der Waals surface area contributed by atoms with E-state index in [2.05, 4.69) is 20.6 Å². The molecular formula is C22H26N4O3S. The largest absolute Gasteiger partial charge is 0.457 e. The molecule has 4 rings (SSSR count). The average molecular weight is 427 g/mol.